The second-order valence-electron chi connectivity index (χ2n) is 11.0. The van der Waals surface area contributed by atoms with E-state index in [2.05, 4.69) is 27.7 Å². The summed E-state index contributed by atoms with van der Waals surface area (Å²) in [7, 11) is 0. The van der Waals surface area contributed by atoms with Crippen molar-refractivity contribution in [2.24, 2.45) is 0 Å². The van der Waals surface area contributed by atoms with Gasteiger partial charge in [-0.1, -0.05) is 29.8 Å². The summed E-state index contributed by atoms with van der Waals surface area (Å²) in [5.74, 6) is 0.715. The molecule has 3 aromatic rings. The Morgan fingerprint density at radius 1 is 0.927 bits per heavy atom. The number of carbonyl (C=O) groups is 2. The third kappa shape index (κ3) is 8.54. The lowest BCUT2D eigenvalue weighted by Gasteiger charge is -2.36. The summed E-state index contributed by atoms with van der Waals surface area (Å²) >= 11 is 6.55. The Kier molecular flexibility index (Phi) is 10.00. The lowest BCUT2D eigenvalue weighted by molar-refractivity contribution is -0.124. The van der Waals surface area contributed by atoms with Crippen LogP contribution >= 0.6 is 11.6 Å². The first-order valence-corrected chi connectivity index (χ1v) is 14.3. The Balaban J connectivity index is 1.31. The van der Waals surface area contributed by atoms with Crippen LogP contribution in [-0.2, 0) is 11.3 Å². The van der Waals surface area contributed by atoms with E-state index in [-0.39, 0.29) is 24.0 Å². The predicted molar refractivity (Wildman–Crippen MR) is 164 cm³/mol. The maximum absolute atomic E-state index is 12.7. The zero-order valence-electron chi connectivity index (χ0n) is 24.2. The molecule has 0 bridgehead atoms. The van der Waals surface area contributed by atoms with E-state index >= 15 is 0 Å². The zero-order valence-corrected chi connectivity index (χ0v) is 25.0. The number of hydrogen-bond donors (Lipinski definition) is 2. The number of halogens is 1. The number of piperazine rings is 1. The van der Waals surface area contributed by atoms with Gasteiger partial charge in [-0.3, -0.25) is 9.59 Å². The molecule has 4 rings (SSSR count). The van der Waals surface area contributed by atoms with Gasteiger partial charge in [-0.05, 0) is 81.8 Å². The van der Waals surface area contributed by atoms with Crippen LogP contribution < -0.4 is 25.0 Å². The highest BCUT2D eigenvalue weighted by Gasteiger charge is 2.22. The minimum absolute atomic E-state index is 0.0861. The van der Waals surface area contributed by atoms with Gasteiger partial charge in [0.25, 0.3) is 11.8 Å². The minimum Gasteiger partial charge on any atom is -0.490 e. The maximum atomic E-state index is 12.7. The van der Waals surface area contributed by atoms with Gasteiger partial charge in [0.05, 0.1) is 11.6 Å². The maximum Gasteiger partial charge on any atom is 0.258 e. The largest absolute Gasteiger partial charge is 0.490 e. The summed E-state index contributed by atoms with van der Waals surface area (Å²) in [6.07, 6.45) is 0. The number of rotatable bonds is 10. The number of hydrogen-bond acceptors (Lipinski definition) is 6. The molecule has 0 aromatic heterocycles. The van der Waals surface area contributed by atoms with E-state index in [0.717, 1.165) is 35.6 Å². The number of benzene rings is 3. The third-order valence-electron chi connectivity index (χ3n) is 6.55. The van der Waals surface area contributed by atoms with Gasteiger partial charge in [0, 0.05) is 55.2 Å². The van der Waals surface area contributed by atoms with Crippen LogP contribution in [-0.4, -0.2) is 61.6 Å². The van der Waals surface area contributed by atoms with Crippen LogP contribution in [0.1, 0.15) is 43.6 Å². The molecule has 2 N–H and O–H groups in total. The summed E-state index contributed by atoms with van der Waals surface area (Å²) in [5, 5.41) is 6.69. The van der Waals surface area contributed by atoms with Crippen LogP contribution in [0.25, 0.3) is 0 Å². The summed E-state index contributed by atoms with van der Waals surface area (Å²) in [5.41, 5.74) is 3.41. The quantitative estimate of drug-likeness (QED) is 0.325. The van der Waals surface area contributed by atoms with Crippen LogP contribution in [0.15, 0.2) is 66.7 Å². The van der Waals surface area contributed by atoms with E-state index in [1.807, 2.05) is 87.2 Å². The molecule has 1 aliphatic heterocycles. The van der Waals surface area contributed by atoms with Crippen molar-refractivity contribution in [3.63, 3.8) is 0 Å². The van der Waals surface area contributed by atoms with Gasteiger partial charge in [0.1, 0.15) is 0 Å². The van der Waals surface area contributed by atoms with Crippen LogP contribution in [0, 0.1) is 0 Å². The van der Waals surface area contributed by atoms with Crippen molar-refractivity contribution in [3.8, 4) is 11.5 Å². The zero-order chi connectivity index (χ0) is 29.4. The standard InChI is InChI=1S/C32H39ClN4O4/c1-5-40-28-20-23(19-27(33)30(28)41-22-29(38)35-32(2,3)4)21-34-25-11-13-26(14-12-25)36-15-17-37(18-16-36)31(39)24-9-7-6-8-10-24/h6-14,19-20,34H,5,15-18,21-22H2,1-4H3,(H,35,38). The molecule has 1 aliphatic rings. The lowest BCUT2D eigenvalue weighted by Crippen LogP contribution is -2.48. The summed E-state index contributed by atoms with van der Waals surface area (Å²) in [4.78, 5) is 29.2. The molecule has 0 spiro atoms. The molecule has 0 atom stereocenters. The molecule has 3 aromatic carbocycles. The molecule has 218 valence electrons. The highest BCUT2D eigenvalue weighted by molar-refractivity contribution is 6.32. The Hall–Kier alpha value is -3.91. The molecule has 1 saturated heterocycles. The van der Waals surface area contributed by atoms with Gasteiger partial charge in [-0.2, -0.15) is 0 Å². The molecule has 1 fully saturated rings. The molecule has 8 nitrogen and oxygen atoms in total. The highest BCUT2D eigenvalue weighted by atomic mass is 35.5. The van der Waals surface area contributed by atoms with E-state index in [9.17, 15) is 9.59 Å². The Morgan fingerprint density at radius 2 is 1.61 bits per heavy atom. The molecule has 41 heavy (non-hydrogen) atoms. The number of amides is 2. The summed E-state index contributed by atoms with van der Waals surface area (Å²) < 4.78 is 11.5. The van der Waals surface area contributed by atoms with Crippen molar-refractivity contribution in [3.05, 3.63) is 82.9 Å². The Bertz CT molecular complexity index is 1320. The normalized spacial score (nSPS) is 13.5. The number of nitrogens with one attached hydrogen (secondary N) is 2. The average Bonchev–Trinajstić information content (AvgIpc) is 2.95. The topological polar surface area (TPSA) is 83.1 Å². The predicted octanol–water partition coefficient (Wildman–Crippen LogP) is 5.61. The smallest absolute Gasteiger partial charge is 0.258 e. The molecule has 1 heterocycles. The molecule has 0 radical (unpaired) electrons. The van der Waals surface area contributed by atoms with E-state index in [1.165, 1.54) is 0 Å². The first-order valence-electron chi connectivity index (χ1n) is 13.9. The molecule has 2 amide bonds. The Morgan fingerprint density at radius 3 is 2.24 bits per heavy atom. The van der Waals surface area contributed by atoms with Gasteiger partial charge in [0.2, 0.25) is 0 Å². The minimum atomic E-state index is -0.349. The van der Waals surface area contributed by atoms with E-state index in [0.29, 0.717) is 42.8 Å². The first kappa shape index (κ1) is 30.1. The fourth-order valence-electron chi connectivity index (χ4n) is 4.64. The first-order chi connectivity index (χ1) is 19.6. The lowest BCUT2D eigenvalue weighted by atomic mass is 10.1. The van der Waals surface area contributed by atoms with E-state index in [1.54, 1.807) is 0 Å². The van der Waals surface area contributed by atoms with Crippen LogP contribution in [0.4, 0.5) is 11.4 Å². The third-order valence-corrected chi connectivity index (χ3v) is 6.83. The molecular weight excluding hydrogens is 540 g/mol. The molecule has 0 aliphatic carbocycles. The molecule has 9 heteroatoms. The van der Waals surface area contributed by atoms with Gasteiger partial charge >= 0.3 is 0 Å². The number of ether oxygens (including phenoxy) is 2. The monoisotopic (exact) mass is 578 g/mol. The van der Waals surface area contributed by atoms with E-state index < -0.39 is 0 Å². The van der Waals surface area contributed by atoms with Crippen molar-refractivity contribution < 1.29 is 19.1 Å². The molecular formula is C32H39ClN4O4. The summed E-state index contributed by atoms with van der Waals surface area (Å²) in [6, 6.07) is 21.4. The number of anilines is 2. The van der Waals surface area contributed by atoms with Crippen molar-refractivity contribution in [2.45, 2.75) is 39.8 Å². The van der Waals surface area contributed by atoms with Gasteiger partial charge in [-0.25, -0.2) is 0 Å². The average molecular weight is 579 g/mol. The van der Waals surface area contributed by atoms with Crippen molar-refractivity contribution in [1.29, 1.82) is 0 Å². The van der Waals surface area contributed by atoms with Crippen molar-refractivity contribution in [2.75, 3.05) is 49.6 Å². The Labute approximate surface area is 247 Å². The van der Waals surface area contributed by atoms with Crippen LogP contribution in [0.2, 0.25) is 5.02 Å². The molecule has 0 unspecified atom stereocenters. The van der Waals surface area contributed by atoms with Crippen molar-refractivity contribution in [1.82, 2.24) is 10.2 Å². The van der Waals surface area contributed by atoms with Gasteiger partial charge in [0.15, 0.2) is 18.1 Å². The second-order valence-corrected chi connectivity index (χ2v) is 11.4. The van der Waals surface area contributed by atoms with Crippen LogP contribution in [0.3, 0.4) is 0 Å². The number of carbonyl (C=O) groups excluding carboxylic acids is 2. The van der Waals surface area contributed by atoms with E-state index in [4.69, 9.17) is 21.1 Å². The molecule has 0 saturated carbocycles. The fraction of sp³-hybridized carbons (Fsp3) is 0.375. The van der Waals surface area contributed by atoms with Crippen molar-refractivity contribution >= 4 is 34.8 Å². The SMILES string of the molecule is CCOc1cc(CNc2ccc(N3CCN(C(=O)c4ccccc4)CC3)cc2)cc(Cl)c1OCC(=O)NC(C)(C)C. The highest BCUT2D eigenvalue weighted by Crippen LogP contribution is 2.37. The fourth-order valence-corrected chi connectivity index (χ4v) is 4.93. The van der Waals surface area contributed by atoms with Crippen LogP contribution in [0.5, 0.6) is 11.5 Å². The van der Waals surface area contributed by atoms with Gasteiger partial charge in [-0.15, -0.1) is 0 Å². The number of nitrogens with zero attached hydrogens (tertiary/aromatic N) is 2. The summed E-state index contributed by atoms with van der Waals surface area (Å²) in [6.45, 7) is 11.4. The second kappa shape index (κ2) is 13.6. The van der Waals surface area contributed by atoms with Gasteiger partial charge < -0.3 is 29.9 Å².